The highest BCUT2D eigenvalue weighted by Gasteiger charge is 2.43. The molecule has 0 aromatic rings. The number of amides is 1. The van der Waals surface area contributed by atoms with E-state index in [-0.39, 0.29) is 18.5 Å². The fraction of sp³-hybridized carbons (Fsp3) is 0.923. The van der Waals surface area contributed by atoms with Gasteiger partial charge >= 0.3 is 6.18 Å². The van der Waals surface area contributed by atoms with Crippen molar-refractivity contribution in [3.8, 4) is 0 Å². The van der Waals surface area contributed by atoms with E-state index in [4.69, 9.17) is 0 Å². The standard InChI is InChI=1S/C13H21F3N2O/c14-13(15,16)8-17-7-12(19)18-11-6-10(11)9-4-2-1-3-5-9/h9-11,17H,1-8H2,(H,18,19)/t10-,11-/m1/s1. The van der Waals surface area contributed by atoms with Crippen molar-refractivity contribution in [2.24, 2.45) is 11.8 Å². The minimum absolute atomic E-state index is 0.197. The number of hydrogen-bond donors (Lipinski definition) is 2. The smallest absolute Gasteiger partial charge is 0.352 e. The van der Waals surface area contributed by atoms with Crippen LogP contribution in [0.5, 0.6) is 0 Å². The van der Waals surface area contributed by atoms with Crippen molar-refractivity contribution < 1.29 is 18.0 Å². The first-order valence-corrected chi connectivity index (χ1v) is 7.02. The molecule has 0 bridgehead atoms. The van der Waals surface area contributed by atoms with Crippen molar-refractivity contribution in [2.45, 2.75) is 50.7 Å². The zero-order chi connectivity index (χ0) is 13.9. The summed E-state index contributed by atoms with van der Waals surface area (Å²) in [5.41, 5.74) is 0. The lowest BCUT2D eigenvalue weighted by Gasteiger charge is -2.21. The predicted molar refractivity (Wildman–Crippen MR) is 65.5 cm³/mol. The molecule has 0 saturated heterocycles. The second-order valence-electron chi connectivity index (χ2n) is 5.69. The molecular weight excluding hydrogens is 257 g/mol. The number of alkyl halides is 3. The van der Waals surface area contributed by atoms with Crippen molar-refractivity contribution in [1.82, 2.24) is 10.6 Å². The van der Waals surface area contributed by atoms with Crippen LogP contribution in [0.2, 0.25) is 0 Å². The van der Waals surface area contributed by atoms with Crippen molar-refractivity contribution in [1.29, 1.82) is 0 Å². The van der Waals surface area contributed by atoms with Gasteiger partial charge in [0.2, 0.25) is 5.91 Å². The average molecular weight is 278 g/mol. The first kappa shape index (κ1) is 14.6. The van der Waals surface area contributed by atoms with Crippen molar-refractivity contribution >= 4 is 5.91 Å². The maximum absolute atomic E-state index is 11.9. The first-order valence-electron chi connectivity index (χ1n) is 7.02. The van der Waals surface area contributed by atoms with Gasteiger partial charge in [-0.15, -0.1) is 0 Å². The van der Waals surface area contributed by atoms with Crippen LogP contribution < -0.4 is 10.6 Å². The molecule has 110 valence electrons. The van der Waals surface area contributed by atoms with E-state index >= 15 is 0 Å². The zero-order valence-electron chi connectivity index (χ0n) is 10.9. The topological polar surface area (TPSA) is 41.1 Å². The molecule has 3 nitrogen and oxygen atoms in total. The van der Waals surface area contributed by atoms with E-state index in [1.807, 2.05) is 0 Å². The van der Waals surface area contributed by atoms with E-state index in [0.717, 1.165) is 6.42 Å². The molecule has 0 spiro atoms. The zero-order valence-corrected chi connectivity index (χ0v) is 10.9. The highest BCUT2D eigenvalue weighted by Crippen LogP contribution is 2.44. The maximum Gasteiger partial charge on any atom is 0.401 e. The van der Waals surface area contributed by atoms with Crippen LogP contribution in [0.15, 0.2) is 0 Å². The van der Waals surface area contributed by atoms with Gasteiger partial charge in [-0.25, -0.2) is 0 Å². The number of rotatable bonds is 5. The molecule has 0 unspecified atom stereocenters. The van der Waals surface area contributed by atoms with Gasteiger partial charge in [0, 0.05) is 6.04 Å². The fourth-order valence-electron chi connectivity index (χ4n) is 3.04. The van der Waals surface area contributed by atoms with Gasteiger partial charge in [-0.05, 0) is 18.3 Å². The van der Waals surface area contributed by atoms with E-state index in [9.17, 15) is 18.0 Å². The Bertz CT molecular complexity index is 314. The predicted octanol–water partition coefficient (Wildman–Crippen LogP) is 2.22. The second kappa shape index (κ2) is 6.11. The number of hydrogen-bond acceptors (Lipinski definition) is 2. The van der Waals surface area contributed by atoms with Gasteiger partial charge in [0.05, 0.1) is 13.1 Å². The molecule has 2 rings (SSSR count). The van der Waals surface area contributed by atoms with Gasteiger partial charge in [0.25, 0.3) is 0 Å². The first-order chi connectivity index (χ1) is 8.96. The Kier molecular flexibility index (Phi) is 4.71. The summed E-state index contributed by atoms with van der Waals surface area (Å²) in [6, 6.07) is 0.197. The molecule has 2 aliphatic carbocycles. The normalized spacial score (nSPS) is 28.2. The molecule has 0 heterocycles. The highest BCUT2D eigenvalue weighted by atomic mass is 19.4. The van der Waals surface area contributed by atoms with Gasteiger partial charge in [0.1, 0.15) is 0 Å². The van der Waals surface area contributed by atoms with E-state index in [2.05, 4.69) is 10.6 Å². The maximum atomic E-state index is 11.9. The third-order valence-corrected chi connectivity index (χ3v) is 4.05. The molecular formula is C13H21F3N2O. The van der Waals surface area contributed by atoms with Gasteiger partial charge in [-0.3, -0.25) is 4.79 Å². The third-order valence-electron chi connectivity index (χ3n) is 4.05. The largest absolute Gasteiger partial charge is 0.401 e. The molecule has 0 radical (unpaired) electrons. The number of carbonyl (C=O) groups excluding carboxylic acids is 1. The molecule has 0 aromatic carbocycles. The van der Waals surface area contributed by atoms with Crippen molar-refractivity contribution in [3.05, 3.63) is 0 Å². The van der Waals surface area contributed by atoms with E-state index in [1.54, 1.807) is 0 Å². The van der Waals surface area contributed by atoms with Crippen LogP contribution in [-0.2, 0) is 4.79 Å². The van der Waals surface area contributed by atoms with Gasteiger partial charge in [-0.1, -0.05) is 32.1 Å². The van der Waals surface area contributed by atoms with E-state index in [0.29, 0.717) is 11.8 Å². The average Bonchev–Trinajstić information content (AvgIpc) is 3.07. The molecule has 0 aliphatic heterocycles. The molecule has 2 aliphatic rings. The molecule has 2 saturated carbocycles. The minimum Gasteiger partial charge on any atom is -0.352 e. The van der Waals surface area contributed by atoms with Crippen LogP contribution in [0.1, 0.15) is 38.5 Å². The summed E-state index contributed by atoms with van der Waals surface area (Å²) in [6.45, 7) is -1.37. The molecule has 1 amide bonds. The Balaban J connectivity index is 1.59. The van der Waals surface area contributed by atoms with Crippen LogP contribution in [0, 0.1) is 11.8 Å². The van der Waals surface area contributed by atoms with Gasteiger partial charge in [0.15, 0.2) is 0 Å². The quantitative estimate of drug-likeness (QED) is 0.809. The Hall–Kier alpha value is -0.780. The highest BCUT2D eigenvalue weighted by molar-refractivity contribution is 5.78. The molecule has 2 N–H and O–H groups in total. The molecule has 2 fully saturated rings. The van der Waals surface area contributed by atoms with E-state index in [1.165, 1.54) is 32.1 Å². The number of carbonyl (C=O) groups is 1. The van der Waals surface area contributed by atoms with Crippen LogP contribution >= 0.6 is 0 Å². The van der Waals surface area contributed by atoms with Crippen LogP contribution in [0.25, 0.3) is 0 Å². The molecule has 19 heavy (non-hydrogen) atoms. The lowest BCUT2D eigenvalue weighted by molar-refractivity contribution is -0.128. The minimum atomic E-state index is -4.26. The summed E-state index contributed by atoms with van der Waals surface area (Å²) < 4.78 is 35.7. The Morgan fingerprint density at radius 3 is 2.47 bits per heavy atom. The molecule has 0 aromatic heterocycles. The molecule has 2 atom stereocenters. The summed E-state index contributed by atoms with van der Waals surface area (Å²) in [6.07, 6.45) is 3.07. The SMILES string of the molecule is O=C(CNCC(F)(F)F)N[C@@H]1C[C@@H]1C1CCCCC1. The third kappa shape index (κ3) is 5.01. The summed E-state index contributed by atoms with van der Waals surface area (Å²) in [7, 11) is 0. The molecule has 6 heteroatoms. The summed E-state index contributed by atoms with van der Waals surface area (Å²) in [4.78, 5) is 11.5. The Morgan fingerprint density at radius 2 is 1.84 bits per heavy atom. The van der Waals surface area contributed by atoms with Crippen LogP contribution in [-0.4, -0.2) is 31.2 Å². The number of nitrogens with one attached hydrogen (secondary N) is 2. The number of halogens is 3. The van der Waals surface area contributed by atoms with Crippen molar-refractivity contribution in [3.63, 3.8) is 0 Å². The lowest BCUT2D eigenvalue weighted by atomic mass is 9.85. The lowest BCUT2D eigenvalue weighted by Crippen LogP contribution is -2.39. The van der Waals surface area contributed by atoms with Crippen LogP contribution in [0.3, 0.4) is 0 Å². The Labute approximate surface area is 111 Å². The second-order valence-corrected chi connectivity index (χ2v) is 5.69. The summed E-state index contributed by atoms with van der Waals surface area (Å²) >= 11 is 0. The van der Waals surface area contributed by atoms with Gasteiger partial charge in [-0.2, -0.15) is 13.2 Å². The van der Waals surface area contributed by atoms with Gasteiger partial charge < -0.3 is 10.6 Å². The monoisotopic (exact) mass is 278 g/mol. The Morgan fingerprint density at radius 1 is 1.16 bits per heavy atom. The fourth-order valence-corrected chi connectivity index (χ4v) is 3.04. The van der Waals surface area contributed by atoms with Crippen LogP contribution in [0.4, 0.5) is 13.2 Å². The summed E-state index contributed by atoms with van der Waals surface area (Å²) in [5, 5.41) is 4.93. The summed E-state index contributed by atoms with van der Waals surface area (Å²) in [5.74, 6) is 0.946. The van der Waals surface area contributed by atoms with Crippen molar-refractivity contribution in [2.75, 3.05) is 13.1 Å². The van der Waals surface area contributed by atoms with E-state index < -0.39 is 12.7 Å².